The van der Waals surface area contributed by atoms with E-state index >= 15 is 0 Å². The number of amides is 1. The number of carbonyl (C=O) groups excluding carboxylic acids is 2. The van der Waals surface area contributed by atoms with Gasteiger partial charge in [-0.2, -0.15) is 4.79 Å². The molecule has 1 saturated carbocycles. The first kappa shape index (κ1) is 19.0. The molecule has 23 heavy (non-hydrogen) atoms. The fourth-order valence-corrected chi connectivity index (χ4v) is 2.02. The molecule has 0 aromatic carbocycles. The Morgan fingerprint density at radius 3 is 2.61 bits per heavy atom. The van der Waals surface area contributed by atoms with Crippen LogP contribution in [0.2, 0.25) is 0 Å². The van der Waals surface area contributed by atoms with Crippen molar-refractivity contribution in [2.45, 2.75) is 70.1 Å². The Morgan fingerprint density at radius 2 is 2.09 bits per heavy atom. The van der Waals surface area contributed by atoms with Crippen LogP contribution in [0.25, 0.3) is 5.53 Å². The Hall–Kier alpha value is -2.05. The first-order chi connectivity index (χ1) is 11.0. The topological polar surface area (TPSA) is 129 Å². The lowest BCUT2D eigenvalue weighted by Gasteiger charge is -2.20. The summed E-state index contributed by atoms with van der Waals surface area (Å²) in [4.78, 5) is 37.3. The fraction of sp³-hybridized carbons (Fsp3) is 0.733. The average molecular weight is 325 g/mol. The third-order valence-corrected chi connectivity index (χ3v) is 3.49. The third-order valence-electron chi connectivity index (χ3n) is 3.49. The lowest BCUT2D eigenvalue weighted by atomic mass is 10.1. The van der Waals surface area contributed by atoms with Gasteiger partial charge in [-0.25, -0.2) is 4.79 Å². The number of nitrogens with zero attached hydrogens (tertiary/aromatic N) is 2. The number of carboxylic acids is 1. The molecule has 0 aromatic heterocycles. The van der Waals surface area contributed by atoms with Crippen molar-refractivity contribution in [3.05, 3.63) is 5.53 Å². The van der Waals surface area contributed by atoms with E-state index in [9.17, 15) is 14.4 Å². The van der Waals surface area contributed by atoms with Crippen LogP contribution in [-0.4, -0.2) is 52.0 Å². The van der Waals surface area contributed by atoms with E-state index in [0.29, 0.717) is 12.6 Å². The molecule has 1 fully saturated rings. The van der Waals surface area contributed by atoms with Crippen molar-refractivity contribution in [1.29, 1.82) is 0 Å². The van der Waals surface area contributed by atoms with E-state index in [2.05, 4.69) is 10.1 Å². The Morgan fingerprint density at radius 1 is 1.39 bits per heavy atom. The highest BCUT2D eigenvalue weighted by atomic mass is 16.5. The number of hydrogen-bond donors (Lipinski definition) is 2. The van der Waals surface area contributed by atoms with Gasteiger partial charge >= 0.3 is 12.2 Å². The maximum atomic E-state index is 12.2. The molecule has 0 saturated heterocycles. The Balaban J connectivity index is 2.56. The summed E-state index contributed by atoms with van der Waals surface area (Å²) in [5.41, 5.74) is 8.25. The summed E-state index contributed by atoms with van der Waals surface area (Å²) in [5, 5.41) is 11.6. The van der Waals surface area contributed by atoms with E-state index in [0.717, 1.165) is 25.7 Å². The van der Waals surface area contributed by atoms with Crippen molar-refractivity contribution >= 4 is 23.9 Å². The van der Waals surface area contributed by atoms with Crippen molar-refractivity contribution in [1.82, 2.24) is 5.32 Å². The van der Waals surface area contributed by atoms with Gasteiger partial charge in [0.05, 0.1) is 6.10 Å². The summed E-state index contributed by atoms with van der Waals surface area (Å²) in [5.74, 6) is -2.18. The normalized spacial score (nSPS) is 16.0. The summed E-state index contributed by atoms with van der Waals surface area (Å²) in [6.07, 6.45) is 4.05. The summed E-state index contributed by atoms with van der Waals surface area (Å²) < 4.78 is 5.64. The van der Waals surface area contributed by atoms with Crippen molar-refractivity contribution < 1.29 is 29.0 Å². The molecular formula is C15H23N3O5. The van der Waals surface area contributed by atoms with Gasteiger partial charge in [0, 0.05) is 6.42 Å². The van der Waals surface area contributed by atoms with Gasteiger partial charge in [-0.15, -0.1) is 0 Å². The number of carboxylic acid groups (broad SMARTS) is 1. The van der Waals surface area contributed by atoms with Crippen LogP contribution >= 0.6 is 0 Å². The number of ketones is 1. The standard InChI is InChI=1S/C15H23N3O5/c1-2-3-4-13(23-11-6-7-11)14(20)18-12(15(21)22)8-5-10(19)9-17-16/h9,11-13H,2-8H2,1H3,(H,18,20)(H,21,22). The highest BCUT2D eigenvalue weighted by Crippen LogP contribution is 2.26. The highest BCUT2D eigenvalue weighted by molar-refractivity contribution is 6.25. The summed E-state index contributed by atoms with van der Waals surface area (Å²) in [6.45, 7) is 2.00. The number of nitrogens with one attached hydrogen (secondary N) is 1. The molecule has 0 radical (unpaired) electrons. The number of rotatable bonds is 12. The van der Waals surface area contributed by atoms with Gasteiger partial charge in [0.1, 0.15) is 12.1 Å². The quantitative estimate of drug-likeness (QED) is 0.313. The van der Waals surface area contributed by atoms with Crippen LogP contribution in [0.4, 0.5) is 0 Å². The van der Waals surface area contributed by atoms with Crippen LogP contribution in [0.5, 0.6) is 0 Å². The first-order valence-electron chi connectivity index (χ1n) is 7.86. The lowest BCUT2D eigenvalue weighted by molar-refractivity contribution is -0.145. The van der Waals surface area contributed by atoms with Crippen molar-refractivity contribution in [3.63, 3.8) is 0 Å². The maximum Gasteiger partial charge on any atom is 0.326 e. The predicted octanol–water partition coefficient (Wildman–Crippen LogP) is 0.943. The smallest absolute Gasteiger partial charge is 0.326 e. The molecule has 8 heteroatoms. The number of Topliss-reactive ketones (excluding diaryl/α,β-unsaturated/α-hetero) is 1. The van der Waals surface area contributed by atoms with E-state index < -0.39 is 29.8 Å². The van der Waals surface area contributed by atoms with E-state index in [1.807, 2.05) is 6.92 Å². The largest absolute Gasteiger partial charge is 0.480 e. The minimum atomic E-state index is -1.22. The first-order valence-corrected chi connectivity index (χ1v) is 7.86. The molecule has 2 unspecified atom stereocenters. The fourth-order valence-electron chi connectivity index (χ4n) is 2.02. The van der Waals surface area contributed by atoms with Crippen LogP contribution in [0.3, 0.4) is 0 Å². The molecule has 0 aromatic rings. The van der Waals surface area contributed by atoms with E-state index in [-0.39, 0.29) is 18.9 Å². The zero-order valence-corrected chi connectivity index (χ0v) is 13.2. The maximum absolute atomic E-state index is 12.2. The minimum absolute atomic E-state index is 0.0736. The Labute approximate surface area is 134 Å². The van der Waals surface area contributed by atoms with Crippen LogP contribution in [-0.2, 0) is 19.1 Å². The van der Waals surface area contributed by atoms with Crippen molar-refractivity contribution in [2.24, 2.45) is 0 Å². The third kappa shape index (κ3) is 7.67. The zero-order valence-electron chi connectivity index (χ0n) is 13.2. The van der Waals surface area contributed by atoms with Crippen LogP contribution in [0.15, 0.2) is 0 Å². The molecule has 1 aliphatic rings. The van der Waals surface area contributed by atoms with Gasteiger partial charge in [0.2, 0.25) is 11.7 Å². The molecule has 1 aliphatic carbocycles. The average Bonchev–Trinajstić information content (AvgIpc) is 3.31. The number of hydrogen-bond acceptors (Lipinski definition) is 4. The molecule has 0 spiro atoms. The van der Waals surface area contributed by atoms with E-state index in [1.54, 1.807) is 0 Å². The molecule has 2 atom stereocenters. The zero-order chi connectivity index (χ0) is 17.2. The highest BCUT2D eigenvalue weighted by Gasteiger charge is 2.31. The number of ether oxygens (including phenoxy) is 1. The van der Waals surface area contributed by atoms with E-state index in [4.69, 9.17) is 15.4 Å². The Bertz CT molecular complexity index is 484. The number of unbranched alkanes of at least 4 members (excludes halogenated alkanes) is 1. The second-order valence-corrected chi connectivity index (χ2v) is 5.62. The van der Waals surface area contributed by atoms with Crippen LogP contribution in [0.1, 0.15) is 51.9 Å². The molecule has 1 rings (SSSR count). The van der Waals surface area contributed by atoms with Crippen LogP contribution in [0, 0.1) is 0 Å². The summed E-state index contributed by atoms with van der Waals surface area (Å²) in [7, 11) is 0. The van der Waals surface area contributed by atoms with Crippen molar-refractivity contribution in [2.75, 3.05) is 0 Å². The summed E-state index contributed by atoms with van der Waals surface area (Å²) >= 11 is 0. The second kappa shape index (κ2) is 9.86. The van der Waals surface area contributed by atoms with Crippen molar-refractivity contribution in [3.8, 4) is 0 Å². The minimum Gasteiger partial charge on any atom is -0.480 e. The number of carbonyl (C=O) groups is 3. The monoisotopic (exact) mass is 325 g/mol. The molecule has 128 valence electrons. The molecule has 2 N–H and O–H groups in total. The lowest BCUT2D eigenvalue weighted by Crippen LogP contribution is -2.46. The number of aliphatic carboxylic acids is 1. The van der Waals surface area contributed by atoms with Gasteiger partial charge in [-0.05, 0) is 25.7 Å². The van der Waals surface area contributed by atoms with Gasteiger partial charge < -0.3 is 20.7 Å². The second-order valence-electron chi connectivity index (χ2n) is 5.62. The van der Waals surface area contributed by atoms with E-state index in [1.165, 1.54) is 0 Å². The van der Waals surface area contributed by atoms with Gasteiger partial charge in [0.15, 0.2) is 0 Å². The molecular weight excluding hydrogens is 302 g/mol. The molecule has 0 bridgehead atoms. The predicted molar refractivity (Wildman–Crippen MR) is 80.9 cm³/mol. The Kier molecular flexibility index (Phi) is 8.15. The molecule has 1 amide bonds. The molecule has 8 nitrogen and oxygen atoms in total. The summed E-state index contributed by atoms with van der Waals surface area (Å²) in [6, 6.07) is -1.18. The van der Waals surface area contributed by atoms with Gasteiger partial charge in [-0.1, -0.05) is 19.8 Å². The van der Waals surface area contributed by atoms with Crippen LogP contribution < -0.4 is 5.32 Å². The molecule has 0 heterocycles. The van der Waals surface area contributed by atoms with Gasteiger partial charge in [-0.3, -0.25) is 9.59 Å². The SMILES string of the molecule is CCCCC(OC1CC1)C(=O)NC(CCC(=O)C=[N+]=[N-])C(=O)O. The molecule has 0 aliphatic heterocycles. The van der Waals surface area contributed by atoms with Gasteiger partial charge in [0.25, 0.3) is 0 Å².